The van der Waals surface area contributed by atoms with Crippen LogP contribution < -0.4 is 4.90 Å². The normalized spacial score (nSPS) is 17.3. The summed E-state index contributed by atoms with van der Waals surface area (Å²) in [5.74, 6) is -0.176. The third kappa shape index (κ3) is 3.86. The lowest BCUT2D eigenvalue weighted by Gasteiger charge is -2.34. The Bertz CT molecular complexity index is 462. The highest BCUT2D eigenvalue weighted by Gasteiger charge is 2.28. The van der Waals surface area contributed by atoms with Crippen molar-refractivity contribution in [1.29, 1.82) is 0 Å². The zero-order valence-electron chi connectivity index (χ0n) is 12.4. The first-order chi connectivity index (χ1) is 9.40. The maximum atomic E-state index is 11.8. The lowest BCUT2D eigenvalue weighted by Crippen LogP contribution is -2.48. The number of thioether (sulfide) groups is 1. The number of piperazine rings is 1. The Kier molecular flexibility index (Phi) is 4.93. The molecule has 112 valence electrons. The SMILES string of the molecule is CSc1cnc(N2CCN(OC(=O)C(C)(C)C)CC2)s1. The van der Waals surface area contributed by atoms with Crippen LogP contribution in [-0.4, -0.2) is 48.5 Å². The number of hydroxylamine groups is 2. The first-order valence-corrected chi connectivity index (χ1v) is 8.66. The Morgan fingerprint density at radius 2 is 2.00 bits per heavy atom. The van der Waals surface area contributed by atoms with E-state index in [4.69, 9.17) is 4.84 Å². The Labute approximate surface area is 128 Å². The van der Waals surface area contributed by atoms with Gasteiger partial charge in [0.15, 0.2) is 5.13 Å². The quantitative estimate of drug-likeness (QED) is 0.799. The van der Waals surface area contributed by atoms with Crippen molar-refractivity contribution in [3.8, 4) is 0 Å². The Morgan fingerprint density at radius 3 is 2.50 bits per heavy atom. The van der Waals surface area contributed by atoms with Crippen LogP contribution in [0.15, 0.2) is 10.4 Å². The van der Waals surface area contributed by atoms with Crippen molar-refractivity contribution in [1.82, 2.24) is 10.0 Å². The van der Waals surface area contributed by atoms with Gasteiger partial charge in [-0.05, 0) is 27.0 Å². The van der Waals surface area contributed by atoms with Crippen molar-refractivity contribution in [3.05, 3.63) is 6.20 Å². The first-order valence-electron chi connectivity index (χ1n) is 6.62. The summed E-state index contributed by atoms with van der Waals surface area (Å²) in [6.07, 6.45) is 3.97. The average Bonchev–Trinajstić information content (AvgIpc) is 2.87. The van der Waals surface area contributed by atoms with E-state index in [-0.39, 0.29) is 5.97 Å². The Morgan fingerprint density at radius 1 is 1.35 bits per heavy atom. The largest absolute Gasteiger partial charge is 0.367 e. The first kappa shape index (κ1) is 15.6. The van der Waals surface area contributed by atoms with Crippen LogP contribution in [0.25, 0.3) is 0 Å². The molecule has 0 atom stereocenters. The summed E-state index contributed by atoms with van der Waals surface area (Å²) in [4.78, 5) is 23.9. The van der Waals surface area contributed by atoms with Gasteiger partial charge < -0.3 is 9.74 Å². The third-order valence-electron chi connectivity index (χ3n) is 3.01. The molecule has 0 unspecified atom stereocenters. The molecule has 1 aliphatic heterocycles. The number of nitrogens with zero attached hydrogens (tertiary/aromatic N) is 3. The van der Waals surface area contributed by atoms with Crippen LogP contribution in [-0.2, 0) is 9.63 Å². The van der Waals surface area contributed by atoms with Crippen LogP contribution >= 0.6 is 23.1 Å². The number of anilines is 1. The maximum Gasteiger partial charge on any atom is 0.330 e. The summed E-state index contributed by atoms with van der Waals surface area (Å²) in [5, 5.41) is 2.81. The molecular formula is C13H21N3O2S2. The molecule has 1 aliphatic rings. The zero-order valence-corrected chi connectivity index (χ0v) is 14.0. The highest BCUT2D eigenvalue weighted by molar-refractivity contribution is 8.00. The Balaban J connectivity index is 1.85. The van der Waals surface area contributed by atoms with Crippen molar-refractivity contribution in [2.45, 2.75) is 25.0 Å². The second kappa shape index (κ2) is 6.32. The van der Waals surface area contributed by atoms with E-state index >= 15 is 0 Å². The molecule has 1 saturated heterocycles. The molecule has 5 nitrogen and oxygen atoms in total. The number of carbonyl (C=O) groups excluding carboxylic acids is 1. The molecule has 0 aromatic carbocycles. The van der Waals surface area contributed by atoms with Crippen LogP contribution in [0.5, 0.6) is 0 Å². The fourth-order valence-electron chi connectivity index (χ4n) is 1.72. The lowest BCUT2D eigenvalue weighted by molar-refractivity contribution is -0.201. The molecular weight excluding hydrogens is 294 g/mol. The van der Waals surface area contributed by atoms with Gasteiger partial charge in [-0.1, -0.05) is 11.3 Å². The minimum atomic E-state index is -0.459. The predicted molar refractivity (Wildman–Crippen MR) is 83.2 cm³/mol. The number of hydrogen-bond donors (Lipinski definition) is 0. The van der Waals surface area contributed by atoms with E-state index in [1.54, 1.807) is 28.2 Å². The highest BCUT2D eigenvalue weighted by Crippen LogP contribution is 2.29. The van der Waals surface area contributed by atoms with Gasteiger partial charge in [-0.2, -0.15) is 0 Å². The molecule has 0 amide bonds. The van der Waals surface area contributed by atoms with Crippen molar-refractivity contribution in [3.63, 3.8) is 0 Å². The van der Waals surface area contributed by atoms with E-state index in [9.17, 15) is 4.79 Å². The molecule has 0 bridgehead atoms. The monoisotopic (exact) mass is 315 g/mol. The molecule has 2 rings (SSSR count). The highest BCUT2D eigenvalue weighted by atomic mass is 32.2. The van der Waals surface area contributed by atoms with Gasteiger partial charge in [0.1, 0.15) is 0 Å². The van der Waals surface area contributed by atoms with Gasteiger partial charge in [0, 0.05) is 13.1 Å². The van der Waals surface area contributed by atoms with Crippen LogP contribution in [0.1, 0.15) is 20.8 Å². The van der Waals surface area contributed by atoms with Crippen LogP contribution in [0.3, 0.4) is 0 Å². The van der Waals surface area contributed by atoms with E-state index in [1.807, 2.05) is 27.0 Å². The van der Waals surface area contributed by atoms with Crippen LogP contribution in [0.4, 0.5) is 5.13 Å². The van der Waals surface area contributed by atoms with Crippen LogP contribution in [0, 0.1) is 5.41 Å². The van der Waals surface area contributed by atoms with Gasteiger partial charge in [-0.15, -0.1) is 16.8 Å². The molecule has 1 fully saturated rings. The van der Waals surface area contributed by atoms with Gasteiger partial charge in [-0.25, -0.2) is 9.78 Å². The zero-order chi connectivity index (χ0) is 14.8. The van der Waals surface area contributed by atoms with Crippen molar-refractivity contribution in [2.24, 2.45) is 5.41 Å². The fraction of sp³-hybridized carbons (Fsp3) is 0.692. The van der Waals surface area contributed by atoms with Gasteiger partial charge in [0.2, 0.25) is 0 Å². The molecule has 1 aromatic rings. The van der Waals surface area contributed by atoms with Gasteiger partial charge >= 0.3 is 5.97 Å². The van der Waals surface area contributed by atoms with Gasteiger partial charge in [-0.3, -0.25) is 0 Å². The molecule has 0 aliphatic carbocycles. The summed E-state index contributed by atoms with van der Waals surface area (Å²) in [6.45, 7) is 8.70. The molecule has 0 spiro atoms. The van der Waals surface area contributed by atoms with Crippen molar-refractivity contribution < 1.29 is 9.63 Å². The minimum absolute atomic E-state index is 0.176. The van der Waals surface area contributed by atoms with Crippen LogP contribution in [0.2, 0.25) is 0 Å². The fourth-order valence-corrected chi connectivity index (χ4v) is 3.13. The third-order valence-corrected chi connectivity index (χ3v) is 5.12. The maximum absolute atomic E-state index is 11.8. The second-order valence-corrected chi connectivity index (χ2v) is 7.83. The molecule has 0 saturated carbocycles. The topological polar surface area (TPSA) is 45.7 Å². The van der Waals surface area contributed by atoms with E-state index in [0.29, 0.717) is 0 Å². The second-order valence-electron chi connectivity index (χ2n) is 5.71. The summed E-state index contributed by atoms with van der Waals surface area (Å²) in [5.41, 5.74) is -0.459. The van der Waals surface area contributed by atoms with E-state index < -0.39 is 5.41 Å². The number of carbonyl (C=O) groups is 1. The van der Waals surface area contributed by atoms with Gasteiger partial charge in [0.05, 0.1) is 28.9 Å². The van der Waals surface area contributed by atoms with E-state index in [1.165, 1.54) is 4.21 Å². The Hall–Kier alpha value is -0.790. The summed E-state index contributed by atoms with van der Waals surface area (Å²) < 4.78 is 1.22. The number of thiazole rings is 1. The molecule has 20 heavy (non-hydrogen) atoms. The summed E-state index contributed by atoms with van der Waals surface area (Å²) in [6, 6.07) is 0. The predicted octanol–water partition coefficient (Wildman–Crippen LogP) is 2.49. The molecule has 0 N–H and O–H groups in total. The summed E-state index contributed by atoms with van der Waals surface area (Å²) >= 11 is 3.43. The smallest absolute Gasteiger partial charge is 0.330 e. The van der Waals surface area contributed by atoms with Crippen molar-refractivity contribution >= 4 is 34.2 Å². The van der Waals surface area contributed by atoms with E-state index in [2.05, 4.69) is 16.1 Å². The number of rotatable bonds is 3. The van der Waals surface area contributed by atoms with Gasteiger partial charge in [0.25, 0.3) is 0 Å². The molecule has 2 heterocycles. The average molecular weight is 315 g/mol. The number of aromatic nitrogens is 1. The summed E-state index contributed by atoms with van der Waals surface area (Å²) in [7, 11) is 0. The lowest BCUT2D eigenvalue weighted by atomic mass is 9.98. The van der Waals surface area contributed by atoms with E-state index in [0.717, 1.165) is 31.3 Å². The minimum Gasteiger partial charge on any atom is -0.367 e. The van der Waals surface area contributed by atoms with Crippen molar-refractivity contribution in [2.75, 3.05) is 37.3 Å². The number of hydrogen-bond acceptors (Lipinski definition) is 7. The standard InChI is InChI=1S/C13H21N3O2S2/c1-13(2,3)11(17)18-16-7-5-15(6-8-16)12-14-9-10(19-4)20-12/h9H,5-8H2,1-4H3. The molecule has 0 radical (unpaired) electrons. The molecule has 1 aromatic heterocycles. The molecule has 7 heteroatoms.